The van der Waals surface area contributed by atoms with Crippen LogP contribution in [0.15, 0.2) is 52.4 Å². The van der Waals surface area contributed by atoms with Gasteiger partial charge in [0.05, 0.1) is 4.91 Å². The van der Waals surface area contributed by atoms with E-state index in [4.69, 9.17) is 0 Å². The van der Waals surface area contributed by atoms with E-state index in [2.05, 4.69) is 29.0 Å². The topological polar surface area (TPSA) is 45.6 Å². The maximum absolute atomic E-state index is 12.7. The summed E-state index contributed by atoms with van der Waals surface area (Å²) in [6.45, 7) is 6.60. The highest BCUT2D eigenvalue weighted by atomic mass is 32.2. The number of amidine groups is 1. The molecule has 1 amide bonds. The molecule has 0 spiro atoms. The molecule has 25 heavy (non-hydrogen) atoms. The van der Waals surface area contributed by atoms with Crippen LogP contribution in [0.3, 0.4) is 0 Å². The van der Waals surface area contributed by atoms with Gasteiger partial charge < -0.3 is 0 Å². The van der Waals surface area contributed by atoms with Crippen LogP contribution < -0.4 is 0 Å². The quantitative estimate of drug-likeness (QED) is 0.758. The molecule has 1 saturated heterocycles. The summed E-state index contributed by atoms with van der Waals surface area (Å²) in [5, 5.41) is 0.682. The van der Waals surface area contributed by atoms with E-state index in [1.807, 2.05) is 50.3 Å². The molecule has 0 aliphatic carbocycles. The average Bonchev–Trinajstić information content (AvgIpc) is 2.90. The van der Waals surface area contributed by atoms with Gasteiger partial charge in [-0.2, -0.15) is 0 Å². The molecular formula is C20H21N3OS. The van der Waals surface area contributed by atoms with Crippen molar-refractivity contribution in [2.75, 3.05) is 6.54 Å². The monoisotopic (exact) mass is 351 g/mol. The lowest BCUT2D eigenvalue weighted by Gasteiger charge is -2.11. The number of hydrogen-bond acceptors (Lipinski definition) is 4. The summed E-state index contributed by atoms with van der Waals surface area (Å²) in [6.07, 6.45) is 2.94. The number of amides is 1. The van der Waals surface area contributed by atoms with Gasteiger partial charge in [0, 0.05) is 12.2 Å². The van der Waals surface area contributed by atoms with Crippen LogP contribution in [0.25, 0.3) is 6.08 Å². The molecule has 0 bridgehead atoms. The highest BCUT2D eigenvalue weighted by molar-refractivity contribution is 8.18. The summed E-state index contributed by atoms with van der Waals surface area (Å²) in [5.74, 6) is 0.626. The fraction of sp³-hybridized carbons (Fsp3) is 0.250. The Kier molecular flexibility index (Phi) is 5.34. The first kappa shape index (κ1) is 17.4. The molecule has 128 valence electrons. The maximum Gasteiger partial charge on any atom is 0.266 e. The molecule has 1 aromatic carbocycles. The molecule has 5 heteroatoms. The van der Waals surface area contributed by atoms with Gasteiger partial charge >= 0.3 is 0 Å². The SMILES string of the molecule is CCc1ccc(/C=C2\S/C(=N/c3cccc(C)n3)N(CC)C2=O)cc1. The van der Waals surface area contributed by atoms with Crippen molar-refractivity contribution in [1.82, 2.24) is 9.88 Å². The van der Waals surface area contributed by atoms with Crippen molar-refractivity contribution >= 4 is 34.7 Å². The van der Waals surface area contributed by atoms with Gasteiger partial charge in [-0.25, -0.2) is 9.98 Å². The number of nitrogens with zero attached hydrogens (tertiary/aromatic N) is 3. The van der Waals surface area contributed by atoms with Crippen LogP contribution in [0.1, 0.15) is 30.7 Å². The van der Waals surface area contributed by atoms with E-state index in [9.17, 15) is 4.79 Å². The normalized spacial score (nSPS) is 17.7. The van der Waals surface area contributed by atoms with Gasteiger partial charge in [0.15, 0.2) is 11.0 Å². The van der Waals surface area contributed by atoms with E-state index in [0.717, 1.165) is 17.7 Å². The molecule has 1 aromatic heterocycles. The van der Waals surface area contributed by atoms with E-state index in [-0.39, 0.29) is 5.91 Å². The van der Waals surface area contributed by atoms with Crippen LogP contribution >= 0.6 is 11.8 Å². The summed E-state index contributed by atoms with van der Waals surface area (Å²) in [6, 6.07) is 14.0. The van der Waals surface area contributed by atoms with Gasteiger partial charge in [-0.3, -0.25) is 9.69 Å². The zero-order valence-corrected chi connectivity index (χ0v) is 15.5. The summed E-state index contributed by atoms with van der Waals surface area (Å²) in [7, 11) is 0. The van der Waals surface area contributed by atoms with Crippen molar-refractivity contribution in [3.63, 3.8) is 0 Å². The van der Waals surface area contributed by atoms with Crippen molar-refractivity contribution in [3.05, 3.63) is 64.2 Å². The second kappa shape index (κ2) is 7.66. The van der Waals surface area contributed by atoms with Crippen molar-refractivity contribution in [2.24, 2.45) is 4.99 Å². The first-order valence-electron chi connectivity index (χ1n) is 8.43. The molecule has 1 aliphatic heterocycles. The Hall–Kier alpha value is -2.40. The number of carbonyl (C=O) groups is 1. The molecule has 3 rings (SSSR count). The lowest BCUT2D eigenvalue weighted by atomic mass is 10.1. The number of aryl methyl sites for hydroxylation is 2. The van der Waals surface area contributed by atoms with Gasteiger partial charge in [-0.15, -0.1) is 0 Å². The van der Waals surface area contributed by atoms with Gasteiger partial charge in [0.2, 0.25) is 0 Å². The van der Waals surface area contributed by atoms with Gasteiger partial charge in [-0.05, 0) is 61.4 Å². The maximum atomic E-state index is 12.7. The number of carbonyl (C=O) groups excluding carboxylic acids is 1. The molecule has 4 nitrogen and oxygen atoms in total. The standard InChI is InChI=1S/C20H21N3OS/c1-4-15-9-11-16(12-10-15)13-17-19(24)23(5-2)20(25-17)22-18-8-6-7-14(3)21-18/h6-13H,4-5H2,1-3H3/b17-13-,22-20+. The minimum Gasteiger partial charge on any atom is -0.287 e. The molecule has 0 N–H and O–H groups in total. The van der Waals surface area contributed by atoms with Gasteiger partial charge in [0.25, 0.3) is 5.91 Å². The average molecular weight is 351 g/mol. The molecule has 0 atom stereocenters. The highest BCUT2D eigenvalue weighted by Crippen LogP contribution is 2.33. The molecule has 0 saturated carbocycles. The van der Waals surface area contributed by atoms with E-state index in [1.165, 1.54) is 17.3 Å². The number of likely N-dealkylation sites (N-methyl/N-ethyl adjacent to an activating group) is 1. The minimum absolute atomic E-state index is 0.00142. The van der Waals surface area contributed by atoms with Gasteiger partial charge in [0.1, 0.15) is 0 Å². The van der Waals surface area contributed by atoms with E-state index >= 15 is 0 Å². The summed E-state index contributed by atoms with van der Waals surface area (Å²) < 4.78 is 0. The number of hydrogen-bond donors (Lipinski definition) is 0. The summed E-state index contributed by atoms with van der Waals surface area (Å²) in [4.78, 5) is 24.0. The number of aromatic nitrogens is 1. The van der Waals surface area contributed by atoms with E-state index in [1.54, 1.807) is 4.90 Å². The Morgan fingerprint density at radius 2 is 1.92 bits per heavy atom. The van der Waals surface area contributed by atoms with E-state index in [0.29, 0.717) is 22.4 Å². The molecule has 0 radical (unpaired) electrons. The second-order valence-electron chi connectivity index (χ2n) is 5.79. The third kappa shape index (κ3) is 3.99. The lowest BCUT2D eigenvalue weighted by Crippen LogP contribution is -2.28. The Bertz CT molecular complexity index is 840. The molecule has 2 heterocycles. The van der Waals surface area contributed by atoms with Crippen molar-refractivity contribution in [2.45, 2.75) is 27.2 Å². The smallest absolute Gasteiger partial charge is 0.266 e. The Balaban J connectivity index is 1.90. The number of benzene rings is 1. The van der Waals surface area contributed by atoms with Crippen molar-refractivity contribution in [1.29, 1.82) is 0 Å². The minimum atomic E-state index is -0.00142. The number of aliphatic imine (C=N–C) groups is 1. The largest absolute Gasteiger partial charge is 0.287 e. The van der Waals surface area contributed by atoms with Crippen LogP contribution in [0.4, 0.5) is 5.82 Å². The molecule has 0 unspecified atom stereocenters. The first-order valence-corrected chi connectivity index (χ1v) is 9.25. The van der Waals surface area contributed by atoms with Crippen LogP contribution in [-0.2, 0) is 11.2 Å². The Labute approximate surface area is 152 Å². The zero-order valence-electron chi connectivity index (χ0n) is 14.7. The van der Waals surface area contributed by atoms with Crippen molar-refractivity contribution in [3.8, 4) is 0 Å². The van der Waals surface area contributed by atoms with Crippen LogP contribution in [0.5, 0.6) is 0 Å². The van der Waals surface area contributed by atoms with Gasteiger partial charge in [-0.1, -0.05) is 37.3 Å². The molecular weight excluding hydrogens is 330 g/mol. The van der Waals surface area contributed by atoms with Crippen LogP contribution in [0, 0.1) is 6.92 Å². The lowest BCUT2D eigenvalue weighted by molar-refractivity contribution is -0.122. The molecule has 2 aromatic rings. The summed E-state index contributed by atoms with van der Waals surface area (Å²) >= 11 is 1.40. The summed E-state index contributed by atoms with van der Waals surface area (Å²) in [5.41, 5.74) is 3.22. The number of rotatable bonds is 4. The third-order valence-corrected chi connectivity index (χ3v) is 4.98. The number of pyridine rings is 1. The predicted octanol–water partition coefficient (Wildman–Crippen LogP) is 4.58. The van der Waals surface area contributed by atoms with Crippen molar-refractivity contribution < 1.29 is 4.79 Å². The molecule has 1 fully saturated rings. The first-order chi connectivity index (χ1) is 12.1. The predicted molar refractivity (Wildman–Crippen MR) is 105 cm³/mol. The number of thioether (sulfide) groups is 1. The fourth-order valence-corrected chi connectivity index (χ4v) is 3.61. The fourth-order valence-electron chi connectivity index (χ4n) is 2.56. The van der Waals surface area contributed by atoms with Crippen LogP contribution in [-0.4, -0.2) is 27.5 Å². The Morgan fingerprint density at radius 1 is 1.16 bits per heavy atom. The highest BCUT2D eigenvalue weighted by Gasteiger charge is 2.32. The van der Waals surface area contributed by atoms with Crippen LogP contribution in [0.2, 0.25) is 0 Å². The second-order valence-corrected chi connectivity index (χ2v) is 6.80. The zero-order chi connectivity index (χ0) is 17.8. The third-order valence-electron chi connectivity index (χ3n) is 3.97. The Morgan fingerprint density at radius 3 is 2.56 bits per heavy atom. The van der Waals surface area contributed by atoms with E-state index < -0.39 is 0 Å². The molecule has 1 aliphatic rings.